The van der Waals surface area contributed by atoms with Gasteiger partial charge in [-0.15, -0.1) is 0 Å². The van der Waals surface area contributed by atoms with Crippen molar-refractivity contribution in [3.63, 3.8) is 0 Å². The molecular weight excluding hydrogens is 340 g/mol. The Kier molecular flexibility index (Phi) is 5.49. The summed E-state index contributed by atoms with van der Waals surface area (Å²) in [6.45, 7) is 1.33. The highest BCUT2D eigenvalue weighted by molar-refractivity contribution is 6.00. The van der Waals surface area contributed by atoms with Gasteiger partial charge in [0.25, 0.3) is 11.6 Å². The highest BCUT2D eigenvalue weighted by Crippen LogP contribution is 2.21. The molecule has 0 aliphatic heterocycles. The van der Waals surface area contributed by atoms with Crippen molar-refractivity contribution in [3.8, 4) is 6.07 Å². The summed E-state index contributed by atoms with van der Waals surface area (Å²) >= 11 is 0. The van der Waals surface area contributed by atoms with Gasteiger partial charge >= 0.3 is 5.97 Å². The molecule has 1 atom stereocenters. The van der Waals surface area contributed by atoms with E-state index in [-0.39, 0.29) is 28.2 Å². The van der Waals surface area contributed by atoms with Crippen LogP contribution in [-0.2, 0) is 9.53 Å². The van der Waals surface area contributed by atoms with Gasteiger partial charge in [0, 0.05) is 17.8 Å². The zero-order valence-electron chi connectivity index (χ0n) is 13.6. The molecule has 9 nitrogen and oxygen atoms in total. The van der Waals surface area contributed by atoms with E-state index in [9.17, 15) is 19.7 Å². The van der Waals surface area contributed by atoms with Crippen molar-refractivity contribution < 1.29 is 19.2 Å². The number of carbonyl (C=O) groups is 2. The number of amides is 1. The molecule has 2 aromatic carbocycles. The molecule has 0 aliphatic carbocycles. The molecule has 0 bridgehead atoms. The van der Waals surface area contributed by atoms with E-state index in [0.717, 1.165) is 12.1 Å². The summed E-state index contributed by atoms with van der Waals surface area (Å²) in [5, 5.41) is 22.3. The van der Waals surface area contributed by atoms with Crippen LogP contribution in [0, 0.1) is 21.4 Å². The Morgan fingerprint density at radius 3 is 2.65 bits per heavy atom. The van der Waals surface area contributed by atoms with Gasteiger partial charge in [-0.1, -0.05) is 12.1 Å². The van der Waals surface area contributed by atoms with Crippen molar-refractivity contribution in [1.29, 1.82) is 5.26 Å². The van der Waals surface area contributed by atoms with E-state index in [1.165, 1.54) is 25.1 Å². The third kappa shape index (κ3) is 4.12. The second-order valence-corrected chi connectivity index (χ2v) is 5.22. The summed E-state index contributed by atoms with van der Waals surface area (Å²) in [7, 11) is 0. The average molecular weight is 354 g/mol. The number of nitro groups is 1. The van der Waals surface area contributed by atoms with E-state index in [2.05, 4.69) is 5.32 Å². The van der Waals surface area contributed by atoms with Crippen LogP contribution in [-0.4, -0.2) is 22.9 Å². The lowest BCUT2D eigenvalue weighted by Crippen LogP contribution is -2.30. The predicted molar refractivity (Wildman–Crippen MR) is 92.2 cm³/mol. The molecule has 0 aliphatic rings. The molecule has 0 spiro atoms. The highest BCUT2D eigenvalue weighted by atomic mass is 16.6. The molecule has 0 aromatic heterocycles. The van der Waals surface area contributed by atoms with Crippen LogP contribution in [0.1, 0.15) is 22.8 Å². The molecule has 1 amide bonds. The first-order chi connectivity index (χ1) is 12.3. The fourth-order valence-corrected chi connectivity index (χ4v) is 2.04. The normalized spacial score (nSPS) is 11.1. The van der Waals surface area contributed by atoms with Crippen LogP contribution in [0.3, 0.4) is 0 Å². The molecule has 0 heterocycles. The smallest absolute Gasteiger partial charge is 0.341 e. The van der Waals surface area contributed by atoms with Gasteiger partial charge in [-0.3, -0.25) is 14.9 Å². The number of hydrogen-bond acceptors (Lipinski definition) is 7. The standard InChI is InChI=1S/C17H14N4O5/c1-10(16(22)20-15-5-3-2-4-11(15)9-18)26-17(23)13-8-12(21(24)25)6-7-14(13)19/h2-8,10H,19H2,1H3,(H,20,22)/t10-/m1/s1. The lowest BCUT2D eigenvalue weighted by Gasteiger charge is -2.14. The monoisotopic (exact) mass is 354 g/mol. The number of para-hydroxylation sites is 1. The van der Waals surface area contributed by atoms with Crippen molar-refractivity contribution in [2.24, 2.45) is 0 Å². The number of benzene rings is 2. The largest absolute Gasteiger partial charge is 0.449 e. The molecule has 0 saturated heterocycles. The minimum Gasteiger partial charge on any atom is -0.449 e. The minimum absolute atomic E-state index is 0.0111. The number of nitrogens with zero attached hydrogens (tertiary/aromatic N) is 2. The third-order valence-electron chi connectivity index (χ3n) is 3.43. The molecule has 26 heavy (non-hydrogen) atoms. The molecule has 9 heteroatoms. The first-order valence-electron chi connectivity index (χ1n) is 7.38. The van der Waals surface area contributed by atoms with E-state index in [4.69, 9.17) is 15.7 Å². The second kappa shape index (κ2) is 7.76. The summed E-state index contributed by atoms with van der Waals surface area (Å²) in [5.41, 5.74) is 5.62. The van der Waals surface area contributed by atoms with Crippen LogP contribution in [0.15, 0.2) is 42.5 Å². The molecule has 0 unspecified atom stereocenters. The van der Waals surface area contributed by atoms with Gasteiger partial charge in [-0.25, -0.2) is 4.79 Å². The zero-order valence-corrected chi connectivity index (χ0v) is 13.6. The molecule has 0 radical (unpaired) electrons. The number of non-ortho nitro benzene ring substituents is 1. The maximum Gasteiger partial charge on any atom is 0.341 e. The van der Waals surface area contributed by atoms with Gasteiger partial charge in [-0.2, -0.15) is 5.26 Å². The maximum absolute atomic E-state index is 12.2. The van der Waals surface area contributed by atoms with Crippen LogP contribution in [0.2, 0.25) is 0 Å². The van der Waals surface area contributed by atoms with Crippen molar-refractivity contribution in [1.82, 2.24) is 0 Å². The summed E-state index contributed by atoms with van der Waals surface area (Å²) in [5.74, 6) is -1.63. The number of nitriles is 1. The number of ether oxygens (including phenoxy) is 1. The van der Waals surface area contributed by atoms with Crippen molar-refractivity contribution in [3.05, 3.63) is 63.7 Å². The van der Waals surface area contributed by atoms with E-state index >= 15 is 0 Å². The fraction of sp³-hybridized carbons (Fsp3) is 0.118. The number of carbonyl (C=O) groups excluding carboxylic acids is 2. The Hall–Kier alpha value is -3.93. The first-order valence-corrected chi connectivity index (χ1v) is 7.38. The minimum atomic E-state index is -1.21. The Bertz CT molecular complexity index is 920. The van der Waals surface area contributed by atoms with E-state index < -0.39 is 22.9 Å². The average Bonchev–Trinajstić information content (AvgIpc) is 2.62. The Morgan fingerprint density at radius 2 is 2.00 bits per heavy atom. The van der Waals surface area contributed by atoms with Gasteiger partial charge in [0.1, 0.15) is 6.07 Å². The van der Waals surface area contributed by atoms with Crippen molar-refractivity contribution in [2.75, 3.05) is 11.1 Å². The Labute approximate surface area is 148 Å². The number of rotatable bonds is 5. The topological polar surface area (TPSA) is 148 Å². The van der Waals surface area contributed by atoms with Gasteiger partial charge < -0.3 is 15.8 Å². The number of anilines is 2. The predicted octanol–water partition coefficient (Wildman–Crippen LogP) is 2.23. The van der Waals surface area contributed by atoms with Gasteiger partial charge in [0.2, 0.25) is 0 Å². The Balaban J connectivity index is 2.12. The SMILES string of the molecule is C[C@@H](OC(=O)c1cc([N+](=O)[O-])ccc1N)C(=O)Nc1ccccc1C#N. The Morgan fingerprint density at radius 1 is 1.31 bits per heavy atom. The number of hydrogen-bond donors (Lipinski definition) is 2. The maximum atomic E-state index is 12.2. The van der Waals surface area contributed by atoms with Gasteiger partial charge in [0.05, 0.1) is 21.7 Å². The lowest BCUT2D eigenvalue weighted by molar-refractivity contribution is -0.384. The number of nitrogens with two attached hydrogens (primary N) is 1. The molecule has 2 aromatic rings. The quantitative estimate of drug-likeness (QED) is 0.362. The molecule has 2 rings (SSSR count). The van der Waals surface area contributed by atoms with Crippen LogP contribution in [0.25, 0.3) is 0 Å². The first kappa shape index (κ1) is 18.4. The molecule has 0 fully saturated rings. The number of nitro benzene ring substituents is 1. The van der Waals surface area contributed by atoms with Gasteiger partial charge in [0.15, 0.2) is 6.10 Å². The van der Waals surface area contributed by atoms with Crippen LogP contribution >= 0.6 is 0 Å². The van der Waals surface area contributed by atoms with Gasteiger partial charge in [-0.05, 0) is 25.1 Å². The van der Waals surface area contributed by atoms with E-state index in [0.29, 0.717) is 0 Å². The zero-order chi connectivity index (χ0) is 19.3. The number of nitrogen functional groups attached to an aromatic ring is 1. The van der Waals surface area contributed by atoms with Crippen molar-refractivity contribution in [2.45, 2.75) is 13.0 Å². The van der Waals surface area contributed by atoms with Crippen LogP contribution < -0.4 is 11.1 Å². The summed E-state index contributed by atoms with van der Waals surface area (Å²) in [6, 6.07) is 11.6. The lowest BCUT2D eigenvalue weighted by atomic mass is 10.1. The number of esters is 1. The van der Waals surface area contributed by atoms with Crippen LogP contribution in [0.4, 0.5) is 17.1 Å². The van der Waals surface area contributed by atoms with E-state index in [1.54, 1.807) is 12.1 Å². The highest BCUT2D eigenvalue weighted by Gasteiger charge is 2.23. The summed E-state index contributed by atoms with van der Waals surface area (Å²) in [4.78, 5) is 34.5. The molecule has 3 N–H and O–H groups in total. The third-order valence-corrected chi connectivity index (χ3v) is 3.43. The summed E-state index contributed by atoms with van der Waals surface area (Å²) < 4.78 is 5.02. The van der Waals surface area contributed by atoms with E-state index in [1.807, 2.05) is 6.07 Å². The second-order valence-electron chi connectivity index (χ2n) is 5.22. The molecule has 132 valence electrons. The summed E-state index contributed by atoms with van der Waals surface area (Å²) in [6.07, 6.45) is -1.21. The fourth-order valence-electron chi connectivity index (χ4n) is 2.04. The molecular formula is C17H14N4O5. The van der Waals surface area contributed by atoms with Crippen LogP contribution in [0.5, 0.6) is 0 Å². The molecule has 0 saturated carbocycles. The number of nitrogens with one attached hydrogen (secondary N) is 1. The van der Waals surface area contributed by atoms with Crippen molar-refractivity contribution >= 4 is 28.9 Å².